The largest absolute Gasteiger partial charge is 0.494 e. The summed E-state index contributed by atoms with van der Waals surface area (Å²) in [6, 6.07) is 37.3. The smallest absolute Gasteiger partial charge is 0.200 e. The molecule has 5 atom stereocenters. The van der Waals surface area contributed by atoms with E-state index in [0.29, 0.717) is 16.1 Å². The second-order valence-electron chi connectivity index (χ2n) is 13.0. The molecular formula is C43H43ClF2O7. The summed E-state index contributed by atoms with van der Waals surface area (Å²) >= 11 is 6.70. The molecule has 0 radical (unpaired) electrons. The van der Waals surface area contributed by atoms with Crippen LogP contribution in [0.2, 0.25) is 5.02 Å². The van der Waals surface area contributed by atoms with Crippen LogP contribution < -0.4 is 4.74 Å². The van der Waals surface area contributed by atoms with E-state index in [1.54, 1.807) is 18.2 Å². The van der Waals surface area contributed by atoms with Gasteiger partial charge in [-0.15, -0.1) is 0 Å². The first-order valence-electron chi connectivity index (χ1n) is 17.4. The van der Waals surface area contributed by atoms with Gasteiger partial charge in [0.1, 0.15) is 30.0 Å². The van der Waals surface area contributed by atoms with Crippen molar-refractivity contribution in [3.05, 3.63) is 171 Å². The molecule has 10 heteroatoms. The van der Waals surface area contributed by atoms with Gasteiger partial charge in [-0.25, -0.2) is 4.39 Å². The summed E-state index contributed by atoms with van der Waals surface area (Å²) in [7, 11) is 2.81. The molecule has 1 aliphatic rings. The second kappa shape index (κ2) is 18.2. The van der Waals surface area contributed by atoms with Crippen molar-refractivity contribution in [2.75, 3.05) is 27.4 Å². The summed E-state index contributed by atoms with van der Waals surface area (Å²) in [5, 5.41) is 11.6. The van der Waals surface area contributed by atoms with Crippen molar-refractivity contribution in [2.45, 2.75) is 56.3 Å². The lowest BCUT2D eigenvalue weighted by atomic mass is 9.82. The van der Waals surface area contributed by atoms with E-state index in [-0.39, 0.29) is 44.2 Å². The average Bonchev–Trinajstić information content (AvgIpc) is 3.19. The Kier molecular flexibility index (Phi) is 13.3. The maximum atomic E-state index is 15.2. The van der Waals surface area contributed by atoms with E-state index in [0.717, 1.165) is 16.7 Å². The fourth-order valence-corrected chi connectivity index (χ4v) is 6.89. The zero-order valence-corrected chi connectivity index (χ0v) is 30.4. The number of hydrogen-bond acceptors (Lipinski definition) is 7. The highest BCUT2D eigenvalue weighted by atomic mass is 35.5. The standard InChI is InChI=1S/C43H43ClF2O7/c1-48-28-43(27-47)42(52-26-31-16-10-5-11-17-31)41(51-25-30-14-8-4-9-15-30)40(50-24-29-12-6-3-7-13-29)39(53-43)33-18-20-35(44)34(23-33)22-32-19-21-36(49-2)38(46)37(32)45/h3-21,23,39-42,47H,22,24-28H2,1-2H3/t39?,40-,41?,42-,43?/m0/s1. The van der Waals surface area contributed by atoms with Crippen LogP contribution in [0.1, 0.15) is 39.5 Å². The van der Waals surface area contributed by atoms with Gasteiger partial charge in [-0.05, 0) is 45.5 Å². The molecule has 5 aromatic carbocycles. The fraction of sp³-hybridized carbons (Fsp3) is 0.302. The fourth-order valence-electron chi connectivity index (χ4n) is 6.70. The Balaban J connectivity index is 1.43. The molecule has 1 aliphatic heterocycles. The molecule has 6 rings (SSSR count). The Morgan fingerprint density at radius 1 is 0.679 bits per heavy atom. The van der Waals surface area contributed by atoms with Gasteiger partial charge in [0.05, 0.1) is 40.1 Å². The third-order valence-electron chi connectivity index (χ3n) is 9.43. The molecule has 0 spiro atoms. The lowest BCUT2D eigenvalue weighted by Crippen LogP contribution is -2.67. The Hall–Kier alpha value is -4.19. The first-order valence-corrected chi connectivity index (χ1v) is 17.8. The highest BCUT2D eigenvalue weighted by molar-refractivity contribution is 6.31. The van der Waals surface area contributed by atoms with Gasteiger partial charge < -0.3 is 33.5 Å². The molecule has 1 N–H and O–H groups in total. The Labute approximate surface area is 314 Å². The van der Waals surface area contributed by atoms with Crippen LogP contribution in [0.15, 0.2) is 121 Å². The summed E-state index contributed by atoms with van der Waals surface area (Å²) in [6.07, 6.45) is -3.32. The third kappa shape index (κ3) is 9.13. The topological polar surface area (TPSA) is 75.6 Å². The Morgan fingerprint density at radius 2 is 1.25 bits per heavy atom. The van der Waals surface area contributed by atoms with E-state index in [1.165, 1.54) is 26.4 Å². The van der Waals surface area contributed by atoms with Gasteiger partial charge in [0, 0.05) is 18.6 Å². The van der Waals surface area contributed by atoms with Crippen LogP contribution in [-0.4, -0.2) is 56.5 Å². The van der Waals surface area contributed by atoms with Crippen LogP contribution in [0.3, 0.4) is 0 Å². The van der Waals surface area contributed by atoms with Crippen LogP contribution in [0.4, 0.5) is 8.78 Å². The van der Waals surface area contributed by atoms with Gasteiger partial charge in [0.2, 0.25) is 5.82 Å². The van der Waals surface area contributed by atoms with E-state index in [4.69, 9.17) is 40.0 Å². The molecule has 1 fully saturated rings. The van der Waals surface area contributed by atoms with Gasteiger partial charge in [-0.2, -0.15) is 4.39 Å². The van der Waals surface area contributed by atoms with Crippen molar-refractivity contribution >= 4 is 11.6 Å². The van der Waals surface area contributed by atoms with E-state index < -0.39 is 48.3 Å². The average molecular weight is 745 g/mol. The predicted octanol–water partition coefficient (Wildman–Crippen LogP) is 8.42. The molecule has 7 nitrogen and oxygen atoms in total. The highest BCUT2D eigenvalue weighted by Crippen LogP contribution is 2.44. The van der Waals surface area contributed by atoms with Gasteiger partial charge in [0.25, 0.3) is 0 Å². The minimum Gasteiger partial charge on any atom is -0.494 e. The number of hydrogen-bond donors (Lipinski definition) is 1. The summed E-state index contributed by atoms with van der Waals surface area (Å²) in [6.45, 7) is 0.139. The summed E-state index contributed by atoms with van der Waals surface area (Å²) < 4.78 is 67.8. The predicted molar refractivity (Wildman–Crippen MR) is 198 cm³/mol. The van der Waals surface area contributed by atoms with Gasteiger partial charge >= 0.3 is 0 Å². The van der Waals surface area contributed by atoms with Crippen LogP contribution in [-0.2, 0) is 49.9 Å². The number of halogens is 3. The maximum absolute atomic E-state index is 15.2. The van der Waals surface area contributed by atoms with Crippen molar-refractivity contribution in [3.63, 3.8) is 0 Å². The van der Waals surface area contributed by atoms with Crippen molar-refractivity contribution < 1.29 is 42.3 Å². The molecule has 0 saturated carbocycles. The molecule has 0 aliphatic carbocycles. The summed E-state index contributed by atoms with van der Waals surface area (Å²) in [4.78, 5) is 0. The number of aliphatic hydroxyl groups excluding tert-OH is 1. The molecule has 3 unspecified atom stereocenters. The zero-order chi connectivity index (χ0) is 37.2. The monoisotopic (exact) mass is 744 g/mol. The molecule has 1 saturated heterocycles. The van der Waals surface area contributed by atoms with Gasteiger partial charge in [-0.1, -0.05) is 121 Å². The van der Waals surface area contributed by atoms with Crippen LogP contribution >= 0.6 is 11.6 Å². The number of benzene rings is 5. The molecule has 53 heavy (non-hydrogen) atoms. The minimum absolute atomic E-state index is 0.0123. The molecular weight excluding hydrogens is 702 g/mol. The number of ether oxygens (including phenoxy) is 6. The van der Waals surface area contributed by atoms with E-state index in [2.05, 4.69) is 0 Å². The summed E-state index contributed by atoms with van der Waals surface area (Å²) in [5.74, 6) is -2.28. The highest BCUT2D eigenvalue weighted by Gasteiger charge is 2.57. The number of rotatable bonds is 16. The van der Waals surface area contributed by atoms with Crippen molar-refractivity contribution in [3.8, 4) is 5.75 Å². The normalized spacial score (nSPS) is 21.4. The molecule has 5 aromatic rings. The zero-order valence-electron chi connectivity index (χ0n) is 29.6. The van der Waals surface area contributed by atoms with Crippen molar-refractivity contribution in [1.29, 1.82) is 0 Å². The van der Waals surface area contributed by atoms with Crippen LogP contribution in [0.5, 0.6) is 5.75 Å². The molecule has 0 amide bonds. The first-order chi connectivity index (χ1) is 25.9. The molecule has 278 valence electrons. The quantitative estimate of drug-likeness (QED) is 0.109. The molecule has 0 aromatic heterocycles. The van der Waals surface area contributed by atoms with Crippen LogP contribution in [0, 0.1) is 11.6 Å². The van der Waals surface area contributed by atoms with E-state index >= 15 is 4.39 Å². The molecule has 0 bridgehead atoms. The number of aliphatic hydroxyl groups is 1. The Morgan fingerprint density at radius 3 is 1.79 bits per heavy atom. The van der Waals surface area contributed by atoms with Gasteiger partial charge in [-0.3, -0.25) is 0 Å². The Bertz CT molecular complexity index is 1900. The SMILES string of the molecule is COCC1(CO)OC(c2ccc(Cl)c(Cc3ccc(OC)c(F)c3F)c2)[C@H](OCc2ccccc2)C(OCc2ccccc2)[C@@H]1OCc1ccccc1. The van der Waals surface area contributed by atoms with E-state index in [9.17, 15) is 9.50 Å². The lowest BCUT2D eigenvalue weighted by molar-refractivity contribution is -0.319. The van der Waals surface area contributed by atoms with Crippen molar-refractivity contribution in [1.82, 2.24) is 0 Å². The van der Waals surface area contributed by atoms with E-state index in [1.807, 2.05) is 91.0 Å². The van der Waals surface area contributed by atoms with Crippen molar-refractivity contribution in [2.24, 2.45) is 0 Å². The van der Waals surface area contributed by atoms with Crippen LogP contribution in [0.25, 0.3) is 0 Å². The van der Waals surface area contributed by atoms with Gasteiger partial charge in [0.15, 0.2) is 11.6 Å². The number of methoxy groups -OCH3 is 2. The first kappa shape index (κ1) is 38.5. The summed E-state index contributed by atoms with van der Waals surface area (Å²) in [5.41, 5.74) is 2.64. The minimum atomic E-state index is -1.41. The second-order valence-corrected chi connectivity index (χ2v) is 13.4. The maximum Gasteiger partial charge on any atom is 0.200 e. The molecule has 1 heterocycles. The third-order valence-corrected chi connectivity index (χ3v) is 9.79. The lowest BCUT2D eigenvalue weighted by Gasteiger charge is -2.52.